The third kappa shape index (κ3) is 4.80. The largest absolute Gasteiger partial charge is 0.495 e. The number of aryl methyl sites for hydroxylation is 1. The maximum absolute atomic E-state index is 11.9. The van der Waals surface area contributed by atoms with Crippen LogP contribution in [0.3, 0.4) is 0 Å². The van der Waals surface area contributed by atoms with Crippen molar-refractivity contribution in [1.82, 2.24) is 4.98 Å². The number of aromatic nitrogens is 1. The van der Waals surface area contributed by atoms with Crippen LogP contribution in [0.1, 0.15) is 12.0 Å². The van der Waals surface area contributed by atoms with Crippen molar-refractivity contribution in [3.05, 3.63) is 59.2 Å². The number of aromatic amines is 1. The molecule has 140 valence electrons. The zero-order valence-corrected chi connectivity index (χ0v) is 15.5. The number of hydrogen-bond acceptors (Lipinski definition) is 4. The monoisotopic (exact) mass is 386 g/mol. The number of methoxy groups -OCH3 is 1. The Bertz CT molecular complexity index is 968. The highest BCUT2D eigenvalue weighted by Crippen LogP contribution is 2.27. The highest BCUT2D eigenvalue weighted by molar-refractivity contribution is 6.32. The highest BCUT2D eigenvalue weighted by Gasteiger charge is 2.11. The third-order valence-electron chi connectivity index (χ3n) is 4.07. The zero-order valence-electron chi connectivity index (χ0n) is 14.8. The van der Waals surface area contributed by atoms with Gasteiger partial charge in [0.25, 0.3) is 5.91 Å². The molecule has 0 bridgehead atoms. The Morgan fingerprint density at radius 2 is 2.00 bits per heavy atom. The number of ether oxygens (including phenoxy) is 2. The smallest absolute Gasteiger partial charge is 0.306 e. The molecule has 3 rings (SSSR count). The maximum atomic E-state index is 11.9. The fourth-order valence-corrected chi connectivity index (χ4v) is 2.99. The van der Waals surface area contributed by atoms with Gasteiger partial charge in [0.05, 0.1) is 12.1 Å². The molecule has 0 spiro atoms. The summed E-state index contributed by atoms with van der Waals surface area (Å²) in [6.45, 7) is -0.351. The number of carbonyl (C=O) groups excluding carboxylic acids is 2. The van der Waals surface area contributed by atoms with E-state index in [4.69, 9.17) is 21.1 Å². The summed E-state index contributed by atoms with van der Waals surface area (Å²) in [6.07, 6.45) is 2.63. The van der Waals surface area contributed by atoms with E-state index >= 15 is 0 Å². The fraction of sp³-hybridized carbons (Fsp3) is 0.200. The standard InChI is InChI=1S/C20H19ClN2O4/c1-26-18-8-7-14(10-16(18)21)23-19(24)12-27-20(25)9-6-13-11-22-17-5-3-2-4-15(13)17/h2-5,7-8,10-11,22H,6,9,12H2,1H3,(H,23,24). The van der Waals surface area contributed by atoms with E-state index in [-0.39, 0.29) is 13.0 Å². The van der Waals surface area contributed by atoms with E-state index in [1.54, 1.807) is 18.2 Å². The van der Waals surface area contributed by atoms with Gasteiger partial charge in [-0.2, -0.15) is 0 Å². The molecular formula is C20H19ClN2O4. The maximum Gasteiger partial charge on any atom is 0.306 e. The number of halogens is 1. The van der Waals surface area contributed by atoms with Crippen molar-refractivity contribution < 1.29 is 19.1 Å². The Hall–Kier alpha value is -2.99. The van der Waals surface area contributed by atoms with Gasteiger partial charge in [0, 0.05) is 29.2 Å². The minimum Gasteiger partial charge on any atom is -0.495 e. The normalized spacial score (nSPS) is 10.6. The number of para-hydroxylation sites is 1. The molecule has 2 N–H and O–H groups in total. The number of hydrogen-bond donors (Lipinski definition) is 2. The number of carbonyl (C=O) groups is 2. The summed E-state index contributed by atoms with van der Waals surface area (Å²) in [5.41, 5.74) is 2.57. The van der Waals surface area contributed by atoms with Crippen LogP contribution in [-0.4, -0.2) is 30.6 Å². The van der Waals surface area contributed by atoms with E-state index in [0.717, 1.165) is 16.5 Å². The molecule has 7 heteroatoms. The second-order valence-corrected chi connectivity index (χ2v) is 6.32. The number of fused-ring (bicyclic) bond motifs is 1. The zero-order chi connectivity index (χ0) is 19.2. The summed E-state index contributed by atoms with van der Waals surface area (Å²) in [7, 11) is 1.51. The first-order valence-corrected chi connectivity index (χ1v) is 8.78. The second kappa shape index (κ2) is 8.60. The second-order valence-electron chi connectivity index (χ2n) is 5.92. The Kier molecular flexibility index (Phi) is 5.98. The van der Waals surface area contributed by atoms with E-state index in [0.29, 0.717) is 22.9 Å². The molecule has 2 aromatic carbocycles. The van der Waals surface area contributed by atoms with E-state index in [1.165, 1.54) is 7.11 Å². The number of rotatable bonds is 7. The number of anilines is 1. The summed E-state index contributed by atoms with van der Waals surface area (Å²) in [6, 6.07) is 12.7. The molecule has 0 aliphatic rings. The van der Waals surface area contributed by atoms with Crippen molar-refractivity contribution in [2.24, 2.45) is 0 Å². The van der Waals surface area contributed by atoms with Gasteiger partial charge in [0.1, 0.15) is 5.75 Å². The van der Waals surface area contributed by atoms with Crippen molar-refractivity contribution in [3.63, 3.8) is 0 Å². The molecule has 1 heterocycles. The average Bonchev–Trinajstić information content (AvgIpc) is 3.08. The lowest BCUT2D eigenvalue weighted by Gasteiger charge is -2.08. The van der Waals surface area contributed by atoms with E-state index < -0.39 is 11.9 Å². The van der Waals surface area contributed by atoms with Crippen LogP contribution in [0.4, 0.5) is 5.69 Å². The summed E-state index contributed by atoms with van der Waals surface area (Å²) in [5, 5.41) is 4.09. The topological polar surface area (TPSA) is 80.4 Å². The number of H-pyrrole nitrogens is 1. The van der Waals surface area contributed by atoms with Gasteiger partial charge in [-0.05, 0) is 36.2 Å². The van der Waals surface area contributed by atoms with Crippen LogP contribution in [-0.2, 0) is 20.7 Å². The van der Waals surface area contributed by atoms with Crippen LogP contribution in [0.15, 0.2) is 48.7 Å². The number of esters is 1. The number of amides is 1. The summed E-state index contributed by atoms with van der Waals surface area (Å²) in [4.78, 5) is 27.0. The van der Waals surface area contributed by atoms with Crippen molar-refractivity contribution in [2.45, 2.75) is 12.8 Å². The van der Waals surface area contributed by atoms with E-state index in [9.17, 15) is 9.59 Å². The average molecular weight is 387 g/mol. The quantitative estimate of drug-likeness (QED) is 0.602. The van der Waals surface area contributed by atoms with Crippen molar-refractivity contribution in [1.29, 1.82) is 0 Å². The van der Waals surface area contributed by atoms with Crippen LogP contribution in [0, 0.1) is 0 Å². The lowest BCUT2D eigenvalue weighted by Crippen LogP contribution is -2.21. The van der Waals surface area contributed by atoms with Crippen molar-refractivity contribution >= 4 is 40.1 Å². The first-order chi connectivity index (χ1) is 13.1. The predicted octanol–water partition coefficient (Wildman–Crippen LogP) is 3.94. The SMILES string of the molecule is COc1ccc(NC(=O)COC(=O)CCc2c[nH]c3ccccc23)cc1Cl. The minimum absolute atomic E-state index is 0.198. The van der Waals surface area contributed by atoms with Gasteiger partial charge >= 0.3 is 5.97 Å². The third-order valence-corrected chi connectivity index (χ3v) is 4.37. The molecule has 0 radical (unpaired) electrons. The van der Waals surface area contributed by atoms with Gasteiger partial charge in [-0.3, -0.25) is 9.59 Å². The van der Waals surface area contributed by atoms with Gasteiger partial charge in [0.15, 0.2) is 6.61 Å². The molecule has 0 saturated carbocycles. The number of benzene rings is 2. The fourth-order valence-electron chi connectivity index (χ4n) is 2.73. The van der Waals surface area contributed by atoms with Crippen LogP contribution in [0.5, 0.6) is 5.75 Å². The van der Waals surface area contributed by atoms with Gasteiger partial charge in [-0.1, -0.05) is 29.8 Å². The van der Waals surface area contributed by atoms with Crippen LogP contribution >= 0.6 is 11.6 Å². The molecular weight excluding hydrogens is 368 g/mol. The molecule has 0 unspecified atom stereocenters. The first-order valence-electron chi connectivity index (χ1n) is 8.41. The van der Waals surface area contributed by atoms with E-state index in [2.05, 4.69) is 10.3 Å². The Morgan fingerprint density at radius 1 is 1.19 bits per heavy atom. The molecule has 0 saturated heterocycles. The van der Waals surface area contributed by atoms with Crippen LogP contribution in [0.25, 0.3) is 10.9 Å². The molecule has 0 atom stereocenters. The molecule has 0 aliphatic heterocycles. The molecule has 0 aliphatic carbocycles. The number of nitrogens with one attached hydrogen (secondary N) is 2. The Labute approximate surface area is 161 Å². The van der Waals surface area contributed by atoms with Crippen LogP contribution in [0.2, 0.25) is 5.02 Å². The Morgan fingerprint density at radius 3 is 2.78 bits per heavy atom. The lowest BCUT2D eigenvalue weighted by atomic mass is 10.1. The molecule has 3 aromatic rings. The van der Waals surface area contributed by atoms with Crippen molar-refractivity contribution in [2.75, 3.05) is 19.0 Å². The summed E-state index contributed by atoms with van der Waals surface area (Å²) in [5.74, 6) is -0.349. The van der Waals surface area contributed by atoms with E-state index in [1.807, 2.05) is 30.5 Å². The summed E-state index contributed by atoms with van der Waals surface area (Å²) < 4.78 is 10.1. The molecule has 27 heavy (non-hydrogen) atoms. The van der Waals surface area contributed by atoms with Gasteiger partial charge < -0.3 is 19.8 Å². The van der Waals surface area contributed by atoms with Gasteiger partial charge in [0.2, 0.25) is 0 Å². The molecule has 1 aromatic heterocycles. The Balaban J connectivity index is 1.46. The predicted molar refractivity (Wildman–Crippen MR) is 104 cm³/mol. The highest BCUT2D eigenvalue weighted by atomic mass is 35.5. The van der Waals surface area contributed by atoms with Crippen molar-refractivity contribution in [3.8, 4) is 5.75 Å². The van der Waals surface area contributed by atoms with Crippen LogP contribution < -0.4 is 10.1 Å². The first kappa shape index (κ1) is 18.8. The molecule has 6 nitrogen and oxygen atoms in total. The summed E-state index contributed by atoms with van der Waals surface area (Å²) >= 11 is 6.01. The van der Waals surface area contributed by atoms with Gasteiger partial charge in [-0.25, -0.2) is 0 Å². The van der Waals surface area contributed by atoms with Gasteiger partial charge in [-0.15, -0.1) is 0 Å². The minimum atomic E-state index is -0.434. The lowest BCUT2D eigenvalue weighted by molar-refractivity contribution is -0.147. The molecule has 0 fully saturated rings. The molecule has 1 amide bonds.